The van der Waals surface area contributed by atoms with E-state index in [2.05, 4.69) is 4.90 Å². The third kappa shape index (κ3) is 3.68. The molecule has 0 amide bonds. The van der Waals surface area contributed by atoms with Crippen LogP contribution in [0.5, 0.6) is 0 Å². The minimum absolute atomic E-state index is 0.00791. The number of anilines is 1. The quantitative estimate of drug-likeness (QED) is 0.827. The third-order valence-electron chi connectivity index (χ3n) is 3.37. The lowest BCUT2D eigenvalue weighted by Gasteiger charge is -2.32. The first-order chi connectivity index (χ1) is 8.99. The summed E-state index contributed by atoms with van der Waals surface area (Å²) >= 11 is 0. The summed E-state index contributed by atoms with van der Waals surface area (Å²) in [7, 11) is -3.26. The second-order valence-electron chi connectivity index (χ2n) is 4.85. The highest BCUT2D eigenvalue weighted by Gasteiger charge is 2.24. The summed E-state index contributed by atoms with van der Waals surface area (Å²) in [5.74, 6) is 0.122. The van der Waals surface area contributed by atoms with Gasteiger partial charge in [-0.3, -0.25) is 4.90 Å². The molecule has 6 heteroatoms. The highest BCUT2D eigenvalue weighted by Crippen LogP contribution is 2.16. The number of hydrogen-bond donors (Lipinski definition) is 1. The second-order valence-corrected chi connectivity index (χ2v) is 6.88. The molecule has 1 aromatic carbocycles. The van der Waals surface area contributed by atoms with Gasteiger partial charge < -0.3 is 10.5 Å². The summed E-state index contributed by atoms with van der Waals surface area (Å²) in [6, 6.07) is 6.36. The molecule has 0 radical (unpaired) electrons. The molecular weight excluding hydrogens is 264 g/mol. The Morgan fingerprint density at radius 2 is 1.84 bits per heavy atom. The van der Waals surface area contributed by atoms with Gasteiger partial charge >= 0.3 is 0 Å². The van der Waals surface area contributed by atoms with E-state index in [9.17, 15) is 8.42 Å². The average Bonchev–Trinajstić information content (AvgIpc) is 2.40. The number of morpholine rings is 1. The molecule has 2 N–H and O–H groups in total. The van der Waals surface area contributed by atoms with Crippen molar-refractivity contribution in [1.29, 1.82) is 0 Å². The molecule has 1 atom stereocenters. The first-order valence-corrected chi connectivity index (χ1v) is 8.04. The number of hydrogen-bond acceptors (Lipinski definition) is 5. The fourth-order valence-corrected chi connectivity index (χ4v) is 3.80. The van der Waals surface area contributed by atoms with Crippen molar-refractivity contribution in [3.8, 4) is 0 Å². The van der Waals surface area contributed by atoms with Crippen molar-refractivity contribution in [1.82, 2.24) is 4.90 Å². The maximum Gasteiger partial charge on any atom is 0.179 e. The van der Waals surface area contributed by atoms with Crippen molar-refractivity contribution >= 4 is 15.5 Å². The van der Waals surface area contributed by atoms with E-state index in [1.54, 1.807) is 24.3 Å². The zero-order valence-electron chi connectivity index (χ0n) is 11.1. The molecular formula is C13H20N2O3S. The SMILES string of the molecule is C[C@@H](CS(=O)(=O)c1ccc(N)cc1)N1CCOCC1. The smallest absolute Gasteiger partial charge is 0.179 e. The molecule has 2 rings (SSSR count). The van der Waals surface area contributed by atoms with Crippen LogP contribution in [0.1, 0.15) is 6.92 Å². The minimum atomic E-state index is -3.26. The molecule has 0 unspecified atom stereocenters. The number of nitrogens with two attached hydrogens (primary N) is 1. The van der Waals surface area contributed by atoms with Gasteiger partial charge in [0.2, 0.25) is 0 Å². The van der Waals surface area contributed by atoms with E-state index < -0.39 is 9.84 Å². The first-order valence-electron chi connectivity index (χ1n) is 6.39. The average molecular weight is 284 g/mol. The third-order valence-corrected chi connectivity index (χ3v) is 5.28. The van der Waals surface area contributed by atoms with E-state index in [4.69, 9.17) is 10.5 Å². The van der Waals surface area contributed by atoms with Crippen LogP contribution in [0.2, 0.25) is 0 Å². The van der Waals surface area contributed by atoms with Crippen LogP contribution in [0, 0.1) is 0 Å². The predicted molar refractivity (Wildman–Crippen MR) is 74.8 cm³/mol. The number of nitrogens with zero attached hydrogens (tertiary/aromatic N) is 1. The molecule has 5 nitrogen and oxygen atoms in total. The zero-order chi connectivity index (χ0) is 13.9. The lowest BCUT2D eigenvalue weighted by atomic mass is 10.3. The highest BCUT2D eigenvalue weighted by atomic mass is 32.2. The normalized spacial score (nSPS) is 19.2. The van der Waals surface area contributed by atoms with Crippen LogP contribution in [0.25, 0.3) is 0 Å². The van der Waals surface area contributed by atoms with Gasteiger partial charge in [-0.25, -0.2) is 8.42 Å². The monoisotopic (exact) mass is 284 g/mol. The Morgan fingerprint density at radius 1 is 1.26 bits per heavy atom. The number of sulfone groups is 1. The van der Waals surface area contributed by atoms with E-state index in [0.717, 1.165) is 13.1 Å². The van der Waals surface area contributed by atoms with Crippen LogP contribution in [0.4, 0.5) is 5.69 Å². The molecule has 0 bridgehead atoms. The van der Waals surface area contributed by atoms with E-state index in [1.165, 1.54) is 0 Å². The molecule has 1 heterocycles. The van der Waals surface area contributed by atoms with Gasteiger partial charge in [0.05, 0.1) is 23.9 Å². The van der Waals surface area contributed by atoms with Crippen LogP contribution in [-0.4, -0.2) is 51.4 Å². The van der Waals surface area contributed by atoms with E-state index in [0.29, 0.717) is 23.8 Å². The van der Waals surface area contributed by atoms with Gasteiger partial charge in [0.25, 0.3) is 0 Å². The predicted octanol–water partition coefficient (Wildman–Crippen LogP) is 0.763. The Labute approximate surface area is 114 Å². The second kappa shape index (κ2) is 5.90. The van der Waals surface area contributed by atoms with Crippen LogP contribution < -0.4 is 5.73 Å². The summed E-state index contributed by atoms with van der Waals surface area (Å²) in [6.45, 7) is 4.87. The van der Waals surface area contributed by atoms with Crippen molar-refractivity contribution in [2.45, 2.75) is 17.9 Å². The molecule has 1 fully saturated rings. The topological polar surface area (TPSA) is 72.6 Å². The zero-order valence-corrected chi connectivity index (χ0v) is 11.9. The number of rotatable bonds is 4. The van der Waals surface area contributed by atoms with Crippen LogP contribution in [-0.2, 0) is 14.6 Å². The standard InChI is InChI=1S/C13H20N2O3S/c1-11(15-6-8-18-9-7-15)10-19(16,17)13-4-2-12(14)3-5-13/h2-5,11H,6-10,14H2,1H3/t11-/m0/s1. The Kier molecular flexibility index (Phi) is 4.44. The van der Waals surface area contributed by atoms with E-state index >= 15 is 0 Å². The lowest BCUT2D eigenvalue weighted by Crippen LogP contribution is -2.45. The number of nitrogen functional groups attached to an aromatic ring is 1. The minimum Gasteiger partial charge on any atom is -0.399 e. The fraction of sp³-hybridized carbons (Fsp3) is 0.538. The van der Waals surface area contributed by atoms with Gasteiger partial charge in [0.1, 0.15) is 0 Å². The molecule has 0 spiro atoms. The van der Waals surface area contributed by atoms with Crippen LogP contribution in [0.3, 0.4) is 0 Å². The van der Waals surface area contributed by atoms with Crippen molar-refractivity contribution in [3.63, 3.8) is 0 Å². The Morgan fingerprint density at radius 3 is 2.42 bits per heavy atom. The van der Waals surface area contributed by atoms with Gasteiger partial charge in [-0.1, -0.05) is 0 Å². The van der Waals surface area contributed by atoms with Crippen molar-refractivity contribution < 1.29 is 13.2 Å². The van der Waals surface area contributed by atoms with Crippen molar-refractivity contribution in [2.75, 3.05) is 37.8 Å². The molecule has 1 aliphatic rings. The van der Waals surface area contributed by atoms with Crippen LogP contribution >= 0.6 is 0 Å². The molecule has 106 valence electrons. The van der Waals surface area contributed by atoms with Gasteiger partial charge in [-0.05, 0) is 31.2 Å². The molecule has 0 aliphatic carbocycles. The Hall–Kier alpha value is -1.11. The molecule has 1 aliphatic heterocycles. The molecule has 19 heavy (non-hydrogen) atoms. The van der Waals surface area contributed by atoms with Crippen molar-refractivity contribution in [3.05, 3.63) is 24.3 Å². The molecule has 1 saturated heterocycles. The summed E-state index contributed by atoms with van der Waals surface area (Å²) in [4.78, 5) is 2.49. The lowest BCUT2D eigenvalue weighted by molar-refractivity contribution is 0.0243. The summed E-state index contributed by atoms with van der Waals surface area (Å²) in [5.41, 5.74) is 6.14. The van der Waals surface area contributed by atoms with E-state index in [-0.39, 0.29) is 11.8 Å². The summed E-state index contributed by atoms with van der Waals surface area (Å²) in [6.07, 6.45) is 0. The molecule has 0 aromatic heterocycles. The van der Waals surface area contributed by atoms with Gasteiger partial charge in [0, 0.05) is 24.8 Å². The van der Waals surface area contributed by atoms with Gasteiger partial charge in [0.15, 0.2) is 9.84 Å². The number of benzene rings is 1. The number of ether oxygens (including phenoxy) is 1. The molecule has 0 saturated carbocycles. The maximum absolute atomic E-state index is 12.3. The van der Waals surface area contributed by atoms with Gasteiger partial charge in [-0.2, -0.15) is 0 Å². The van der Waals surface area contributed by atoms with Crippen LogP contribution in [0.15, 0.2) is 29.2 Å². The maximum atomic E-state index is 12.3. The Bertz CT molecular complexity index is 507. The first kappa shape index (κ1) is 14.3. The van der Waals surface area contributed by atoms with E-state index in [1.807, 2.05) is 6.92 Å². The summed E-state index contributed by atoms with van der Waals surface area (Å²) < 4.78 is 29.9. The van der Waals surface area contributed by atoms with Crippen molar-refractivity contribution in [2.24, 2.45) is 0 Å². The molecule has 1 aromatic rings. The fourth-order valence-electron chi connectivity index (χ4n) is 2.21. The highest BCUT2D eigenvalue weighted by molar-refractivity contribution is 7.91. The van der Waals surface area contributed by atoms with Gasteiger partial charge in [-0.15, -0.1) is 0 Å². The largest absolute Gasteiger partial charge is 0.399 e. The summed E-state index contributed by atoms with van der Waals surface area (Å²) in [5, 5.41) is 0. The Balaban J connectivity index is 2.05.